The lowest BCUT2D eigenvalue weighted by atomic mass is 10.1. The van der Waals surface area contributed by atoms with Crippen LogP contribution in [0.25, 0.3) is 0 Å². The Morgan fingerprint density at radius 2 is 2.46 bits per heavy atom. The molecule has 2 aliphatic rings. The highest BCUT2D eigenvalue weighted by Crippen LogP contribution is 2.32. The summed E-state index contributed by atoms with van der Waals surface area (Å²) in [4.78, 5) is 4.16. The average molecular weight is 202 g/mol. The topological polar surface area (TPSA) is 24.4 Å². The second-order valence-corrected chi connectivity index (χ2v) is 4.64. The van der Waals surface area contributed by atoms with E-state index in [1.807, 2.05) is 0 Å². The van der Waals surface area contributed by atoms with Crippen LogP contribution in [0.4, 0.5) is 4.39 Å². The van der Waals surface area contributed by atoms with Gasteiger partial charge >= 0.3 is 0 Å². The Bertz CT molecular complexity index is 208. The molecular formula is C9H15FN2S. The zero-order valence-electron chi connectivity index (χ0n) is 7.63. The van der Waals surface area contributed by atoms with E-state index in [2.05, 4.69) is 10.3 Å². The van der Waals surface area contributed by atoms with Crippen LogP contribution < -0.4 is 5.32 Å². The van der Waals surface area contributed by atoms with E-state index in [4.69, 9.17) is 0 Å². The summed E-state index contributed by atoms with van der Waals surface area (Å²) >= 11 is 1.75. The summed E-state index contributed by atoms with van der Waals surface area (Å²) < 4.78 is 11.9. The lowest BCUT2D eigenvalue weighted by Crippen LogP contribution is -2.41. The van der Waals surface area contributed by atoms with Gasteiger partial charge in [0.2, 0.25) is 0 Å². The molecule has 0 amide bonds. The first-order valence-electron chi connectivity index (χ1n) is 4.90. The van der Waals surface area contributed by atoms with Crippen molar-refractivity contribution in [1.29, 1.82) is 0 Å². The number of hydrogen-bond donors (Lipinski definition) is 1. The number of amidine groups is 1. The predicted octanol–water partition coefficient (Wildman–Crippen LogP) is 1.82. The van der Waals surface area contributed by atoms with Gasteiger partial charge in [-0.2, -0.15) is 0 Å². The monoisotopic (exact) mass is 202 g/mol. The van der Waals surface area contributed by atoms with Gasteiger partial charge in [-0.05, 0) is 18.8 Å². The SMILES string of the molecule is FCCN=C1NC2CCCC2CS1. The zero-order valence-corrected chi connectivity index (χ0v) is 8.45. The van der Waals surface area contributed by atoms with E-state index in [0.717, 1.165) is 11.1 Å². The second kappa shape index (κ2) is 4.31. The van der Waals surface area contributed by atoms with Crippen LogP contribution in [-0.4, -0.2) is 30.2 Å². The maximum absolute atomic E-state index is 11.9. The third-order valence-electron chi connectivity index (χ3n) is 2.74. The largest absolute Gasteiger partial charge is 0.362 e. The van der Waals surface area contributed by atoms with Crippen molar-refractivity contribution < 1.29 is 4.39 Å². The summed E-state index contributed by atoms with van der Waals surface area (Å²) in [7, 11) is 0. The Hall–Kier alpha value is -0.250. The van der Waals surface area contributed by atoms with E-state index in [-0.39, 0.29) is 6.67 Å². The molecule has 2 rings (SSSR count). The molecule has 0 spiro atoms. The van der Waals surface area contributed by atoms with Gasteiger partial charge in [0.25, 0.3) is 0 Å². The van der Waals surface area contributed by atoms with E-state index >= 15 is 0 Å². The highest BCUT2D eigenvalue weighted by Gasteiger charge is 2.31. The first-order valence-corrected chi connectivity index (χ1v) is 5.88. The van der Waals surface area contributed by atoms with Gasteiger partial charge in [0, 0.05) is 11.8 Å². The van der Waals surface area contributed by atoms with Crippen LogP contribution in [0.15, 0.2) is 4.99 Å². The fourth-order valence-electron chi connectivity index (χ4n) is 2.05. The number of fused-ring (bicyclic) bond motifs is 1. The maximum atomic E-state index is 11.9. The normalized spacial score (nSPS) is 35.9. The molecule has 74 valence electrons. The fourth-order valence-corrected chi connectivity index (χ4v) is 3.24. The van der Waals surface area contributed by atoms with Gasteiger partial charge in [-0.15, -0.1) is 0 Å². The van der Waals surface area contributed by atoms with Crippen LogP contribution in [0, 0.1) is 5.92 Å². The lowest BCUT2D eigenvalue weighted by Gasteiger charge is -2.27. The van der Waals surface area contributed by atoms with E-state index in [0.29, 0.717) is 12.6 Å². The summed E-state index contributed by atoms with van der Waals surface area (Å²) in [6, 6.07) is 0.625. The molecule has 1 saturated carbocycles. The second-order valence-electron chi connectivity index (χ2n) is 3.63. The molecule has 4 heteroatoms. The molecule has 1 heterocycles. The molecule has 2 unspecified atom stereocenters. The number of hydrogen-bond acceptors (Lipinski definition) is 2. The molecule has 1 aliphatic carbocycles. The average Bonchev–Trinajstić information content (AvgIpc) is 2.61. The molecule has 2 fully saturated rings. The van der Waals surface area contributed by atoms with Crippen molar-refractivity contribution in [1.82, 2.24) is 5.32 Å². The predicted molar refractivity (Wildman–Crippen MR) is 55.0 cm³/mol. The number of nitrogens with zero attached hydrogens (tertiary/aromatic N) is 1. The Morgan fingerprint density at radius 1 is 1.54 bits per heavy atom. The highest BCUT2D eigenvalue weighted by molar-refractivity contribution is 8.13. The number of halogens is 1. The van der Waals surface area contributed by atoms with Crippen molar-refractivity contribution in [2.75, 3.05) is 19.0 Å². The van der Waals surface area contributed by atoms with Gasteiger partial charge < -0.3 is 5.32 Å². The molecule has 1 N–H and O–H groups in total. The highest BCUT2D eigenvalue weighted by atomic mass is 32.2. The third-order valence-corrected chi connectivity index (χ3v) is 3.86. The minimum Gasteiger partial charge on any atom is -0.362 e. The summed E-state index contributed by atoms with van der Waals surface area (Å²) in [5.74, 6) is 2.00. The molecule has 1 saturated heterocycles. The molecule has 0 bridgehead atoms. The lowest BCUT2D eigenvalue weighted by molar-refractivity contribution is 0.484. The van der Waals surface area contributed by atoms with Gasteiger partial charge in [0.05, 0.1) is 6.54 Å². The molecular weight excluding hydrogens is 187 g/mol. The maximum Gasteiger partial charge on any atom is 0.156 e. The van der Waals surface area contributed by atoms with Crippen molar-refractivity contribution in [3.05, 3.63) is 0 Å². The standard InChI is InChI=1S/C9H15FN2S/c10-4-5-11-9-12-8-3-1-2-7(8)6-13-9/h7-8H,1-6H2,(H,11,12). The Labute approximate surface area is 82.4 Å². The summed E-state index contributed by atoms with van der Waals surface area (Å²) in [6.07, 6.45) is 3.94. The van der Waals surface area contributed by atoms with Crippen molar-refractivity contribution >= 4 is 16.9 Å². The van der Waals surface area contributed by atoms with Crippen LogP contribution in [0.1, 0.15) is 19.3 Å². The molecule has 0 aromatic heterocycles. The molecule has 13 heavy (non-hydrogen) atoms. The third kappa shape index (κ3) is 2.16. The fraction of sp³-hybridized carbons (Fsp3) is 0.889. The van der Waals surface area contributed by atoms with Crippen molar-refractivity contribution in [2.24, 2.45) is 10.9 Å². The molecule has 2 atom stereocenters. The van der Waals surface area contributed by atoms with Gasteiger partial charge in [0.15, 0.2) is 5.17 Å². The van der Waals surface area contributed by atoms with Crippen LogP contribution in [0.2, 0.25) is 0 Å². The first-order chi connectivity index (χ1) is 6.40. The van der Waals surface area contributed by atoms with Crippen LogP contribution >= 0.6 is 11.8 Å². The molecule has 0 aromatic rings. The number of aliphatic imine (C=N–C) groups is 1. The minimum atomic E-state index is -0.347. The summed E-state index contributed by atoms with van der Waals surface area (Å²) in [5.41, 5.74) is 0. The van der Waals surface area contributed by atoms with Crippen molar-refractivity contribution in [3.8, 4) is 0 Å². The molecule has 0 aromatic carbocycles. The van der Waals surface area contributed by atoms with Gasteiger partial charge in [0.1, 0.15) is 6.67 Å². The van der Waals surface area contributed by atoms with Crippen LogP contribution in [0.3, 0.4) is 0 Å². The Kier molecular flexibility index (Phi) is 3.09. The van der Waals surface area contributed by atoms with E-state index in [1.54, 1.807) is 11.8 Å². The molecule has 0 radical (unpaired) electrons. The quantitative estimate of drug-likeness (QED) is 0.738. The number of nitrogens with one attached hydrogen (secondary N) is 1. The van der Waals surface area contributed by atoms with Gasteiger partial charge in [-0.1, -0.05) is 18.2 Å². The van der Waals surface area contributed by atoms with Gasteiger partial charge in [-0.25, -0.2) is 4.39 Å². The summed E-state index contributed by atoms with van der Waals surface area (Å²) in [6.45, 7) is -0.0352. The van der Waals surface area contributed by atoms with Crippen molar-refractivity contribution in [3.63, 3.8) is 0 Å². The van der Waals surface area contributed by atoms with Gasteiger partial charge in [-0.3, -0.25) is 4.99 Å². The van der Waals surface area contributed by atoms with E-state index in [1.165, 1.54) is 25.0 Å². The zero-order chi connectivity index (χ0) is 9.10. The van der Waals surface area contributed by atoms with Crippen molar-refractivity contribution in [2.45, 2.75) is 25.3 Å². The summed E-state index contributed by atoms with van der Waals surface area (Å²) in [5, 5.41) is 4.36. The molecule has 2 nitrogen and oxygen atoms in total. The Balaban J connectivity index is 1.89. The first kappa shape index (κ1) is 9.31. The number of rotatable bonds is 2. The van der Waals surface area contributed by atoms with Crippen LogP contribution in [0.5, 0.6) is 0 Å². The number of thioether (sulfide) groups is 1. The van der Waals surface area contributed by atoms with E-state index < -0.39 is 0 Å². The smallest absolute Gasteiger partial charge is 0.156 e. The van der Waals surface area contributed by atoms with E-state index in [9.17, 15) is 4.39 Å². The Morgan fingerprint density at radius 3 is 3.31 bits per heavy atom. The van der Waals surface area contributed by atoms with Crippen LogP contribution in [-0.2, 0) is 0 Å². The minimum absolute atomic E-state index is 0.312. The number of alkyl halides is 1. The molecule has 1 aliphatic heterocycles.